The molecule has 2 rings (SSSR count). The number of halogens is 3. The molecule has 0 atom stereocenters. The molecule has 0 spiro atoms. The number of nitrogens with one attached hydrogen (secondary N) is 1. The maximum atomic E-state index is 13.0. The van der Waals surface area contributed by atoms with Gasteiger partial charge in [0.25, 0.3) is 0 Å². The molecular formula is C17H16F3N3OS. The lowest BCUT2D eigenvalue weighted by molar-refractivity contribution is -0.138. The summed E-state index contributed by atoms with van der Waals surface area (Å²) in [6, 6.07) is 8.99. The zero-order valence-electron chi connectivity index (χ0n) is 13.4. The quantitative estimate of drug-likeness (QED) is 0.836. The number of nitrogens with zero attached hydrogens (tertiary/aromatic N) is 2. The Morgan fingerprint density at radius 1 is 1.32 bits per heavy atom. The van der Waals surface area contributed by atoms with E-state index in [1.807, 2.05) is 6.07 Å². The van der Waals surface area contributed by atoms with Gasteiger partial charge in [0.1, 0.15) is 11.1 Å². The molecule has 0 saturated heterocycles. The Balaban J connectivity index is 1.90. The molecule has 132 valence electrons. The minimum atomic E-state index is -4.40. The average Bonchev–Trinajstić information content (AvgIpc) is 2.99. The van der Waals surface area contributed by atoms with Crippen molar-refractivity contribution in [1.29, 1.82) is 5.26 Å². The highest BCUT2D eigenvalue weighted by Gasteiger charge is 2.32. The molecule has 0 fully saturated rings. The Hall–Kier alpha value is -2.37. The van der Waals surface area contributed by atoms with E-state index in [0.717, 1.165) is 6.07 Å². The topological polar surface area (TPSA) is 56.1 Å². The summed E-state index contributed by atoms with van der Waals surface area (Å²) in [7, 11) is 1.66. The molecule has 4 nitrogen and oxygen atoms in total. The van der Waals surface area contributed by atoms with E-state index in [-0.39, 0.29) is 24.4 Å². The summed E-state index contributed by atoms with van der Waals surface area (Å²) < 4.78 is 39.0. The van der Waals surface area contributed by atoms with Crippen LogP contribution in [0.3, 0.4) is 0 Å². The van der Waals surface area contributed by atoms with Gasteiger partial charge in [0.05, 0.1) is 11.1 Å². The van der Waals surface area contributed by atoms with Crippen LogP contribution in [0.5, 0.6) is 0 Å². The summed E-state index contributed by atoms with van der Waals surface area (Å²) in [5, 5.41) is 13.7. The van der Waals surface area contributed by atoms with E-state index >= 15 is 0 Å². The highest BCUT2D eigenvalue weighted by Crippen LogP contribution is 2.32. The van der Waals surface area contributed by atoms with Crippen molar-refractivity contribution >= 4 is 22.2 Å². The van der Waals surface area contributed by atoms with Crippen LogP contribution >= 0.6 is 11.3 Å². The first-order valence-electron chi connectivity index (χ1n) is 7.42. The first-order chi connectivity index (χ1) is 11.8. The standard InChI is InChI=1S/C17H16F3N3OS/c1-23(11-13-4-2-3-5-14(13)17(18,19)20)8-6-15(24)22-16-12(10-21)7-9-25-16/h2-5,7,9H,6,8,11H2,1H3,(H,22,24). The van der Waals surface area contributed by atoms with Crippen molar-refractivity contribution in [3.05, 3.63) is 52.4 Å². The van der Waals surface area contributed by atoms with E-state index in [1.54, 1.807) is 29.5 Å². The Bertz CT molecular complexity index is 780. The minimum absolute atomic E-state index is 0.0887. The normalized spacial score (nSPS) is 11.4. The molecule has 8 heteroatoms. The van der Waals surface area contributed by atoms with Crippen molar-refractivity contribution in [3.8, 4) is 6.07 Å². The predicted molar refractivity (Wildman–Crippen MR) is 90.1 cm³/mol. The fraction of sp³-hybridized carbons (Fsp3) is 0.294. The maximum absolute atomic E-state index is 13.0. The first-order valence-corrected chi connectivity index (χ1v) is 8.30. The van der Waals surface area contributed by atoms with Crippen LogP contribution in [-0.4, -0.2) is 24.4 Å². The predicted octanol–water partition coefficient (Wildman–Crippen LogP) is 4.10. The monoisotopic (exact) mass is 367 g/mol. The summed E-state index contributed by atoms with van der Waals surface area (Å²) >= 11 is 1.25. The molecule has 25 heavy (non-hydrogen) atoms. The number of rotatable bonds is 6. The van der Waals surface area contributed by atoms with Crippen molar-refractivity contribution in [2.45, 2.75) is 19.1 Å². The molecule has 0 radical (unpaired) electrons. The molecule has 0 aliphatic carbocycles. The number of carbonyl (C=O) groups excluding carboxylic acids is 1. The van der Waals surface area contributed by atoms with Crippen LogP contribution in [-0.2, 0) is 17.5 Å². The third-order valence-electron chi connectivity index (χ3n) is 3.52. The van der Waals surface area contributed by atoms with E-state index in [1.165, 1.54) is 23.5 Å². The second-order valence-electron chi connectivity index (χ2n) is 5.47. The van der Waals surface area contributed by atoms with Gasteiger partial charge in [0.2, 0.25) is 5.91 Å². The van der Waals surface area contributed by atoms with Crippen LogP contribution in [0.2, 0.25) is 0 Å². The van der Waals surface area contributed by atoms with Crippen molar-refractivity contribution in [2.24, 2.45) is 0 Å². The Kier molecular flexibility index (Phi) is 6.17. The number of alkyl halides is 3. The lowest BCUT2D eigenvalue weighted by Crippen LogP contribution is -2.25. The van der Waals surface area contributed by atoms with Crippen LogP contribution < -0.4 is 5.32 Å². The minimum Gasteiger partial charge on any atom is -0.317 e. The third kappa shape index (κ3) is 5.31. The number of carbonyl (C=O) groups is 1. The summed E-state index contributed by atoms with van der Waals surface area (Å²) in [4.78, 5) is 13.6. The van der Waals surface area contributed by atoms with Gasteiger partial charge < -0.3 is 10.2 Å². The lowest BCUT2D eigenvalue weighted by atomic mass is 10.1. The number of benzene rings is 1. The molecule has 1 heterocycles. The molecule has 0 saturated carbocycles. The highest BCUT2D eigenvalue weighted by molar-refractivity contribution is 7.14. The smallest absolute Gasteiger partial charge is 0.317 e. The molecule has 0 bridgehead atoms. The van der Waals surface area contributed by atoms with Gasteiger partial charge in [-0.25, -0.2) is 0 Å². The summed E-state index contributed by atoms with van der Waals surface area (Å²) in [5.41, 5.74) is -0.0997. The zero-order chi connectivity index (χ0) is 18.4. The van der Waals surface area contributed by atoms with Crippen molar-refractivity contribution in [2.75, 3.05) is 18.9 Å². The van der Waals surface area contributed by atoms with Gasteiger partial charge in [-0.3, -0.25) is 4.79 Å². The largest absolute Gasteiger partial charge is 0.416 e. The van der Waals surface area contributed by atoms with E-state index < -0.39 is 11.7 Å². The second-order valence-corrected chi connectivity index (χ2v) is 6.38. The second kappa shape index (κ2) is 8.14. The third-order valence-corrected chi connectivity index (χ3v) is 4.35. The average molecular weight is 367 g/mol. The molecule has 0 unspecified atom stereocenters. The van der Waals surface area contributed by atoms with Gasteiger partial charge >= 0.3 is 6.18 Å². The van der Waals surface area contributed by atoms with Crippen molar-refractivity contribution in [1.82, 2.24) is 4.90 Å². The Morgan fingerprint density at radius 2 is 2.04 bits per heavy atom. The maximum Gasteiger partial charge on any atom is 0.416 e. The summed E-state index contributed by atoms with van der Waals surface area (Å²) in [6.45, 7) is 0.386. The van der Waals surface area contributed by atoms with E-state index in [0.29, 0.717) is 17.1 Å². The fourth-order valence-corrected chi connectivity index (χ4v) is 3.03. The molecule has 0 aliphatic heterocycles. The summed E-state index contributed by atoms with van der Waals surface area (Å²) in [5.74, 6) is -0.282. The number of nitriles is 1. The van der Waals surface area contributed by atoms with E-state index in [2.05, 4.69) is 5.32 Å². The van der Waals surface area contributed by atoms with Crippen LogP contribution in [0.15, 0.2) is 35.7 Å². The Labute approximate surface area is 147 Å². The molecule has 2 aromatic rings. The molecule has 1 amide bonds. The number of thiophene rings is 1. The van der Waals surface area contributed by atoms with Crippen LogP contribution in [0.25, 0.3) is 0 Å². The van der Waals surface area contributed by atoms with Gasteiger partial charge in [-0.05, 0) is 30.1 Å². The van der Waals surface area contributed by atoms with Crippen molar-refractivity contribution < 1.29 is 18.0 Å². The summed E-state index contributed by atoms with van der Waals surface area (Å²) in [6.07, 6.45) is -4.28. The van der Waals surface area contributed by atoms with Crippen molar-refractivity contribution in [3.63, 3.8) is 0 Å². The van der Waals surface area contributed by atoms with Gasteiger partial charge in [0.15, 0.2) is 0 Å². The SMILES string of the molecule is CN(CCC(=O)Nc1sccc1C#N)Cc1ccccc1C(F)(F)F. The Morgan fingerprint density at radius 3 is 2.72 bits per heavy atom. The van der Waals surface area contributed by atoms with E-state index in [4.69, 9.17) is 5.26 Å². The number of hydrogen-bond acceptors (Lipinski definition) is 4. The van der Waals surface area contributed by atoms with Crippen LogP contribution in [0.1, 0.15) is 23.1 Å². The number of anilines is 1. The van der Waals surface area contributed by atoms with Gasteiger partial charge in [-0.15, -0.1) is 11.3 Å². The molecule has 1 aromatic heterocycles. The number of hydrogen-bond donors (Lipinski definition) is 1. The van der Waals surface area contributed by atoms with Gasteiger partial charge in [0, 0.05) is 19.5 Å². The lowest BCUT2D eigenvalue weighted by Gasteiger charge is -2.19. The first kappa shape index (κ1) is 19.0. The molecule has 1 aromatic carbocycles. The van der Waals surface area contributed by atoms with Crippen LogP contribution in [0, 0.1) is 11.3 Å². The molecular weight excluding hydrogens is 351 g/mol. The molecule has 1 N–H and O–H groups in total. The van der Waals surface area contributed by atoms with E-state index in [9.17, 15) is 18.0 Å². The van der Waals surface area contributed by atoms with Gasteiger partial charge in [-0.1, -0.05) is 18.2 Å². The zero-order valence-corrected chi connectivity index (χ0v) is 14.2. The van der Waals surface area contributed by atoms with Gasteiger partial charge in [-0.2, -0.15) is 18.4 Å². The fourth-order valence-electron chi connectivity index (χ4n) is 2.28. The molecule has 0 aliphatic rings. The van der Waals surface area contributed by atoms with Crippen LogP contribution in [0.4, 0.5) is 18.2 Å². The number of amides is 1. The highest BCUT2D eigenvalue weighted by atomic mass is 32.1.